The monoisotopic (exact) mass is 434 g/mol. The van der Waals surface area contributed by atoms with Gasteiger partial charge in [-0.2, -0.15) is 4.89 Å². The molecule has 31 heavy (non-hydrogen) atoms. The fourth-order valence-electron chi connectivity index (χ4n) is 1.07. The van der Waals surface area contributed by atoms with Crippen LogP contribution in [-0.4, -0.2) is 43.8 Å². The van der Waals surface area contributed by atoms with E-state index in [0.29, 0.717) is 0 Å². The van der Waals surface area contributed by atoms with Gasteiger partial charge in [0.2, 0.25) is 0 Å². The summed E-state index contributed by atoms with van der Waals surface area (Å²) in [5, 5.41) is 7.42. The van der Waals surface area contributed by atoms with Crippen LogP contribution in [0, 0.1) is 0 Å². The van der Waals surface area contributed by atoms with Crippen molar-refractivity contribution in [3.8, 4) is 0 Å². The minimum atomic E-state index is -0.833. The van der Waals surface area contributed by atoms with Crippen LogP contribution in [0.4, 0.5) is 0 Å². The number of methoxy groups -OCH3 is 1. The second-order valence-corrected chi connectivity index (χ2v) is 4.77. The third-order valence-corrected chi connectivity index (χ3v) is 2.18. The number of carboxylic acid groups (broad SMARTS) is 1. The summed E-state index contributed by atoms with van der Waals surface area (Å²) < 4.78 is 8.47. The number of rotatable bonds is 4. The highest BCUT2D eigenvalue weighted by Gasteiger charge is 2.00. The molecule has 0 unspecified atom stereocenters. The van der Waals surface area contributed by atoms with Gasteiger partial charge in [0.15, 0.2) is 12.9 Å². The summed E-state index contributed by atoms with van der Waals surface area (Å²) in [4.78, 5) is 37.6. The molecule has 2 aromatic carbocycles. The number of esters is 2. The average molecular weight is 434 g/mol. The molecule has 2 rings (SSSR count). The predicted octanol–water partition coefficient (Wildman–Crippen LogP) is 4.05. The van der Waals surface area contributed by atoms with Gasteiger partial charge in [0.25, 0.3) is 5.97 Å². The SMILES string of the molecule is C=C=COOC.CC(=O)O.COC(=O)COC(C)=O.c1ccccc1.c1ccccc1. The van der Waals surface area contributed by atoms with Crippen LogP contribution in [0.5, 0.6) is 0 Å². The first kappa shape index (κ1) is 31.8. The van der Waals surface area contributed by atoms with Crippen LogP contribution in [0.1, 0.15) is 13.8 Å². The van der Waals surface area contributed by atoms with Crippen molar-refractivity contribution in [2.75, 3.05) is 20.8 Å². The molecule has 0 heterocycles. The Bertz CT molecular complexity index is 607. The molecule has 8 heteroatoms. The lowest BCUT2D eigenvalue weighted by Crippen LogP contribution is -2.12. The van der Waals surface area contributed by atoms with E-state index < -0.39 is 17.9 Å². The Kier molecular flexibility index (Phi) is 29.1. The van der Waals surface area contributed by atoms with Crippen molar-refractivity contribution in [1.82, 2.24) is 0 Å². The van der Waals surface area contributed by atoms with Gasteiger partial charge in [-0.25, -0.2) is 4.79 Å². The van der Waals surface area contributed by atoms with Crippen molar-refractivity contribution in [3.63, 3.8) is 0 Å². The molecule has 0 saturated heterocycles. The van der Waals surface area contributed by atoms with E-state index in [1.54, 1.807) is 0 Å². The molecule has 0 spiro atoms. The van der Waals surface area contributed by atoms with Crippen molar-refractivity contribution in [1.29, 1.82) is 0 Å². The van der Waals surface area contributed by atoms with Gasteiger partial charge >= 0.3 is 11.9 Å². The first-order chi connectivity index (χ1) is 14.8. The van der Waals surface area contributed by atoms with Gasteiger partial charge in [0.1, 0.15) is 0 Å². The van der Waals surface area contributed by atoms with Gasteiger partial charge < -0.3 is 19.5 Å². The third-order valence-electron chi connectivity index (χ3n) is 2.18. The van der Waals surface area contributed by atoms with Gasteiger partial charge in [-0.15, -0.1) is 0 Å². The number of carbonyl (C=O) groups is 3. The highest BCUT2D eigenvalue weighted by molar-refractivity contribution is 5.74. The average Bonchev–Trinajstić information content (AvgIpc) is 2.79. The molecule has 0 aliphatic heterocycles. The van der Waals surface area contributed by atoms with Gasteiger partial charge in [-0.05, 0) is 0 Å². The first-order valence-corrected chi connectivity index (χ1v) is 8.75. The Morgan fingerprint density at radius 3 is 1.32 bits per heavy atom. The van der Waals surface area contributed by atoms with E-state index in [1.165, 1.54) is 27.4 Å². The van der Waals surface area contributed by atoms with Gasteiger partial charge in [-0.1, -0.05) is 85.1 Å². The molecular weight excluding hydrogens is 404 g/mol. The van der Waals surface area contributed by atoms with Gasteiger partial charge in [-0.3, -0.25) is 9.59 Å². The smallest absolute Gasteiger partial charge is 0.344 e. The van der Waals surface area contributed by atoms with Crippen LogP contribution in [0.25, 0.3) is 0 Å². The van der Waals surface area contributed by atoms with Crippen molar-refractivity contribution in [2.45, 2.75) is 13.8 Å². The highest BCUT2D eigenvalue weighted by atomic mass is 17.2. The lowest BCUT2D eigenvalue weighted by molar-refractivity contribution is -0.222. The number of carbonyl (C=O) groups excluding carboxylic acids is 2. The summed E-state index contributed by atoms with van der Waals surface area (Å²) in [5.41, 5.74) is 2.35. The van der Waals surface area contributed by atoms with Gasteiger partial charge in [0.05, 0.1) is 14.2 Å². The predicted molar refractivity (Wildman–Crippen MR) is 117 cm³/mol. The molecule has 0 atom stereocenters. The van der Waals surface area contributed by atoms with E-state index in [2.05, 4.69) is 31.6 Å². The van der Waals surface area contributed by atoms with Crippen molar-refractivity contribution in [3.05, 3.63) is 91.4 Å². The maximum atomic E-state index is 10.2. The Labute approximate surface area is 183 Å². The minimum Gasteiger partial charge on any atom is -0.481 e. The summed E-state index contributed by atoms with van der Waals surface area (Å²) in [6.45, 7) is 5.22. The number of hydrogen-bond acceptors (Lipinski definition) is 7. The quantitative estimate of drug-likeness (QED) is 0.252. The molecule has 0 radical (unpaired) electrons. The summed E-state index contributed by atoms with van der Waals surface area (Å²) in [7, 11) is 2.64. The zero-order valence-electron chi connectivity index (χ0n) is 18.2. The van der Waals surface area contributed by atoms with Crippen LogP contribution in [0.15, 0.2) is 91.4 Å². The number of benzene rings is 2. The van der Waals surface area contributed by atoms with Crippen molar-refractivity contribution < 1.29 is 38.7 Å². The molecule has 8 nitrogen and oxygen atoms in total. The molecule has 1 N–H and O–H groups in total. The van der Waals surface area contributed by atoms with Crippen molar-refractivity contribution >= 4 is 17.9 Å². The fraction of sp³-hybridized carbons (Fsp3) is 0.217. The van der Waals surface area contributed by atoms with E-state index in [9.17, 15) is 9.59 Å². The fourth-order valence-corrected chi connectivity index (χ4v) is 1.07. The number of ether oxygens (including phenoxy) is 2. The summed E-state index contributed by atoms with van der Waals surface area (Å²) >= 11 is 0. The zero-order valence-corrected chi connectivity index (χ0v) is 18.2. The van der Waals surface area contributed by atoms with Crippen LogP contribution < -0.4 is 0 Å². The Hall–Kier alpha value is -3.87. The summed E-state index contributed by atoms with van der Waals surface area (Å²) in [6, 6.07) is 24.0. The number of carboxylic acids is 1. The molecule has 0 amide bonds. The van der Waals surface area contributed by atoms with Crippen LogP contribution in [0.2, 0.25) is 0 Å². The standard InChI is InChI=1S/2C6H6.C5H8O4.C4H6O2.C2H4O2/c2*1-2-4-6-5-3-1;1-4(6)9-3-5(7)8-2;1-3-4-6-5-2;1-2(3)4/h2*1-6H;3H2,1-2H3;4H,1H2,2H3;1H3,(H,3,4). The topological polar surface area (TPSA) is 108 Å². The highest BCUT2D eigenvalue weighted by Crippen LogP contribution is 1.80. The molecular formula is C23H30O8. The summed E-state index contributed by atoms with van der Waals surface area (Å²) in [6.07, 6.45) is 1.22. The van der Waals surface area contributed by atoms with Crippen LogP contribution in [-0.2, 0) is 33.6 Å². The lowest BCUT2D eigenvalue weighted by Gasteiger charge is -1.97. The van der Waals surface area contributed by atoms with Gasteiger partial charge in [0, 0.05) is 13.8 Å². The van der Waals surface area contributed by atoms with E-state index in [0.717, 1.165) is 6.92 Å². The van der Waals surface area contributed by atoms with E-state index >= 15 is 0 Å². The van der Waals surface area contributed by atoms with Crippen molar-refractivity contribution in [2.24, 2.45) is 0 Å². The lowest BCUT2D eigenvalue weighted by atomic mass is 10.4. The van der Waals surface area contributed by atoms with E-state index in [1.807, 2.05) is 72.8 Å². The van der Waals surface area contributed by atoms with Crippen LogP contribution in [0.3, 0.4) is 0 Å². The molecule has 2 aromatic rings. The largest absolute Gasteiger partial charge is 0.481 e. The zero-order chi connectivity index (χ0) is 24.2. The maximum Gasteiger partial charge on any atom is 0.344 e. The molecule has 0 fully saturated rings. The number of aliphatic carboxylic acids is 1. The molecule has 0 bridgehead atoms. The normalized spacial score (nSPS) is 7.48. The molecule has 170 valence electrons. The minimum absolute atomic E-state index is 0.300. The maximum absolute atomic E-state index is 10.2. The second-order valence-electron chi connectivity index (χ2n) is 4.77. The number of hydrogen-bond donors (Lipinski definition) is 1. The Morgan fingerprint density at radius 2 is 1.16 bits per heavy atom. The molecule has 0 aromatic heterocycles. The van der Waals surface area contributed by atoms with Crippen LogP contribution >= 0.6 is 0 Å². The molecule has 0 aliphatic rings. The first-order valence-electron chi connectivity index (χ1n) is 8.75. The molecule has 0 saturated carbocycles. The summed E-state index contributed by atoms with van der Waals surface area (Å²) in [5.74, 6) is -1.87. The Balaban J connectivity index is -0.000000323. The van der Waals surface area contributed by atoms with E-state index in [4.69, 9.17) is 9.90 Å². The van der Waals surface area contributed by atoms with E-state index in [-0.39, 0.29) is 6.61 Å². The Morgan fingerprint density at radius 1 is 0.839 bits per heavy atom. The third kappa shape index (κ3) is 46.3. The molecule has 0 aliphatic carbocycles. The second kappa shape index (κ2) is 28.3.